The van der Waals surface area contributed by atoms with Crippen LogP contribution in [0.5, 0.6) is 0 Å². The van der Waals surface area contributed by atoms with Crippen LogP contribution in [0.1, 0.15) is 31.5 Å². The molecule has 6 rings (SSSR count). The summed E-state index contributed by atoms with van der Waals surface area (Å²) >= 11 is 0. The molecular formula is C24H26F2N8O. The van der Waals surface area contributed by atoms with Gasteiger partial charge in [-0.2, -0.15) is 0 Å². The van der Waals surface area contributed by atoms with Crippen molar-refractivity contribution in [3.8, 4) is 11.3 Å². The molecule has 1 aliphatic carbocycles. The molecule has 1 saturated carbocycles. The number of aromatic nitrogens is 6. The van der Waals surface area contributed by atoms with Gasteiger partial charge in [-0.1, -0.05) is 0 Å². The zero-order valence-electron chi connectivity index (χ0n) is 19.4. The average molecular weight is 481 g/mol. The number of nitrogens with one attached hydrogen (secondary N) is 1. The van der Waals surface area contributed by atoms with Gasteiger partial charge < -0.3 is 14.8 Å². The number of amides is 1. The summed E-state index contributed by atoms with van der Waals surface area (Å²) in [6.07, 6.45) is 4.89. The van der Waals surface area contributed by atoms with Crippen molar-refractivity contribution in [2.24, 2.45) is 5.92 Å². The number of aryl methyl sites for hydroxylation is 1. The number of carbonyl (C=O) groups is 1. The van der Waals surface area contributed by atoms with Gasteiger partial charge in [-0.25, -0.2) is 28.2 Å². The third-order valence-corrected chi connectivity index (χ3v) is 6.86. The highest BCUT2D eigenvalue weighted by Gasteiger charge is 2.35. The third kappa shape index (κ3) is 4.19. The first-order valence-electron chi connectivity index (χ1n) is 12.0. The summed E-state index contributed by atoms with van der Waals surface area (Å²) in [6.45, 7) is 2.78. The highest BCUT2D eigenvalue weighted by molar-refractivity contribution is 5.83. The predicted molar refractivity (Wildman–Crippen MR) is 126 cm³/mol. The van der Waals surface area contributed by atoms with Crippen LogP contribution in [0.4, 0.5) is 14.7 Å². The van der Waals surface area contributed by atoms with Crippen molar-refractivity contribution in [2.45, 2.75) is 51.6 Å². The number of likely N-dealkylation sites (tertiary alicyclic amines) is 1. The van der Waals surface area contributed by atoms with E-state index in [-0.39, 0.29) is 12.0 Å². The molecule has 2 aliphatic rings. The van der Waals surface area contributed by atoms with Gasteiger partial charge in [0.25, 0.3) is 6.43 Å². The smallest absolute Gasteiger partial charge is 0.256 e. The Hall–Kier alpha value is -3.63. The number of rotatable bonds is 6. The Morgan fingerprint density at radius 3 is 2.69 bits per heavy atom. The van der Waals surface area contributed by atoms with E-state index in [0.717, 1.165) is 49.9 Å². The van der Waals surface area contributed by atoms with E-state index >= 15 is 0 Å². The second-order valence-electron chi connectivity index (χ2n) is 9.36. The monoisotopic (exact) mass is 480 g/mol. The number of halogens is 2. The highest BCUT2D eigenvalue weighted by Crippen LogP contribution is 2.32. The van der Waals surface area contributed by atoms with Crippen LogP contribution >= 0.6 is 0 Å². The standard InChI is InChI=1S/C24H26F2N8O/c1-14-28-19-5-4-18(30-22(19)33(14)13-21(25)26)17-8-11-34-20(17)12-27-24(31-34)29-16-6-9-32(10-7-16)23(35)15-2-3-15/h4-5,8,11-12,15-16,21H,2-3,6-7,9-10,13H2,1H3,(H,29,31). The number of nitrogens with zero attached hydrogens (tertiary/aromatic N) is 7. The average Bonchev–Trinajstić information content (AvgIpc) is 3.55. The Morgan fingerprint density at radius 2 is 1.94 bits per heavy atom. The van der Waals surface area contributed by atoms with Gasteiger partial charge in [0.15, 0.2) is 5.65 Å². The molecule has 9 nitrogen and oxygen atoms in total. The first-order chi connectivity index (χ1) is 17.0. The lowest BCUT2D eigenvalue weighted by molar-refractivity contribution is -0.133. The number of piperidine rings is 1. The third-order valence-electron chi connectivity index (χ3n) is 6.86. The molecule has 1 amide bonds. The Bertz CT molecular complexity index is 1400. The lowest BCUT2D eigenvalue weighted by atomic mass is 10.0. The van der Waals surface area contributed by atoms with Crippen molar-refractivity contribution in [1.29, 1.82) is 0 Å². The van der Waals surface area contributed by atoms with Gasteiger partial charge in [0, 0.05) is 36.8 Å². The highest BCUT2D eigenvalue weighted by atomic mass is 19.3. The van der Waals surface area contributed by atoms with E-state index in [9.17, 15) is 13.6 Å². The van der Waals surface area contributed by atoms with Crippen LogP contribution in [0.2, 0.25) is 0 Å². The van der Waals surface area contributed by atoms with E-state index in [0.29, 0.717) is 34.5 Å². The van der Waals surface area contributed by atoms with E-state index in [1.54, 1.807) is 23.7 Å². The van der Waals surface area contributed by atoms with Gasteiger partial charge in [-0.05, 0) is 50.8 Å². The fourth-order valence-corrected chi connectivity index (χ4v) is 4.82. The van der Waals surface area contributed by atoms with Gasteiger partial charge in [0.05, 0.1) is 24.0 Å². The molecule has 11 heteroatoms. The molecule has 0 bridgehead atoms. The van der Waals surface area contributed by atoms with Gasteiger partial charge in [-0.15, -0.1) is 5.10 Å². The number of alkyl halides is 2. The first kappa shape index (κ1) is 21.9. The summed E-state index contributed by atoms with van der Waals surface area (Å²) < 4.78 is 29.3. The van der Waals surface area contributed by atoms with Crippen LogP contribution in [-0.2, 0) is 11.3 Å². The SMILES string of the molecule is Cc1nc2ccc(-c3ccn4nc(NC5CCN(C(=O)C6CC6)CC5)ncc34)nc2n1CC(F)F. The van der Waals surface area contributed by atoms with Gasteiger partial charge in [0.2, 0.25) is 11.9 Å². The largest absolute Gasteiger partial charge is 0.350 e. The van der Waals surface area contributed by atoms with Crippen LogP contribution in [0, 0.1) is 12.8 Å². The zero-order valence-corrected chi connectivity index (χ0v) is 19.4. The van der Waals surface area contributed by atoms with E-state index in [1.165, 1.54) is 4.57 Å². The number of hydrogen-bond acceptors (Lipinski definition) is 6. The minimum Gasteiger partial charge on any atom is -0.350 e. The summed E-state index contributed by atoms with van der Waals surface area (Å²) in [5.41, 5.74) is 3.25. The van der Waals surface area contributed by atoms with Crippen molar-refractivity contribution in [3.05, 3.63) is 36.4 Å². The zero-order chi connectivity index (χ0) is 24.1. The summed E-state index contributed by atoms with van der Waals surface area (Å²) in [6, 6.07) is 5.74. The van der Waals surface area contributed by atoms with Crippen LogP contribution in [0.15, 0.2) is 30.6 Å². The Balaban J connectivity index is 1.20. The van der Waals surface area contributed by atoms with Crippen molar-refractivity contribution in [1.82, 2.24) is 34.0 Å². The molecule has 1 saturated heterocycles. The molecule has 0 unspecified atom stereocenters. The molecule has 0 radical (unpaired) electrons. The predicted octanol–water partition coefficient (Wildman–Crippen LogP) is 3.53. The molecule has 4 aromatic heterocycles. The number of imidazole rings is 1. The molecule has 182 valence electrons. The number of hydrogen-bond donors (Lipinski definition) is 1. The van der Waals surface area contributed by atoms with Crippen molar-refractivity contribution in [3.63, 3.8) is 0 Å². The molecule has 1 aliphatic heterocycles. The summed E-state index contributed by atoms with van der Waals surface area (Å²) in [5, 5.41) is 8.00. The molecule has 4 aromatic rings. The fourth-order valence-electron chi connectivity index (χ4n) is 4.82. The lowest BCUT2D eigenvalue weighted by Gasteiger charge is -2.32. The second kappa shape index (κ2) is 8.54. The normalized spacial score (nSPS) is 17.1. The van der Waals surface area contributed by atoms with Crippen molar-refractivity contribution >= 4 is 28.5 Å². The lowest BCUT2D eigenvalue weighted by Crippen LogP contribution is -2.43. The second-order valence-corrected chi connectivity index (χ2v) is 9.36. The molecule has 0 spiro atoms. The molecule has 2 fully saturated rings. The summed E-state index contributed by atoms with van der Waals surface area (Å²) in [7, 11) is 0. The maximum atomic E-state index is 13.1. The Labute approximate surface area is 200 Å². The van der Waals surface area contributed by atoms with Crippen LogP contribution < -0.4 is 5.32 Å². The fraction of sp³-hybridized carbons (Fsp3) is 0.458. The quantitative estimate of drug-likeness (QED) is 0.454. The van der Waals surface area contributed by atoms with Crippen molar-refractivity contribution < 1.29 is 13.6 Å². The Morgan fingerprint density at radius 1 is 1.14 bits per heavy atom. The maximum absolute atomic E-state index is 13.1. The van der Waals surface area contributed by atoms with E-state index in [4.69, 9.17) is 0 Å². The minimum atomic E-state index is -2.49. The topological polar surface area (TPSA) is 93.2 Å². The van der Waals surface area contributed by atoms with E-state index in [2.05, 4.69) is 25.4 Å². The molecule has 0 atom stereocenters. The molecule has 5 heterocycles. The van der Waals surface area contributed by atoms with Gasteiger partial charge >= 0.3 is 0 Å². The summed E-state index contributed by atoms with van der Waals surface area (Å²) in [4.78, 5) is 27.8. The number of anilines is 1. The summed E-state index contributed by atoms with van der Waals surface area (Å²) in [5.74, 6) is 1.60. The molecule has 35 heavy (non-hydrogen) atoms. The number of fused-ring (bicyclic) bond motifs is 2. The number of carbonyl (C=O) groups excluding carboxylic acids is 1. The number of pyridine rings is 1. The molecule has 0 aromatic carbocycles. The van der Waals surface area contributed by atoms with Crippen LogP contribution in [-0.4, -0.2) is 65.5 Å². The van der Waals surface area contributed by atoms with Gasteiger partial charge in [0.1, 0.15) is 11.3 Å². The molecular weight excluding hydrogens is 454 g/mol. The first-order valence-corrected chi connectivity index (χ1v) is 12.0. The van der Waals surface area contributed by atoms with Crippen LogP contribution in [0.25, 0.3) is 27.9 Å². The van der Waals surface area contributed by atoms with E-state index in [1.807, 2.05) is 23.2 Å². The van der Waals surface area contributed by atoms with Crippen molar-refractivity contribution in [2.75, 3.05) is 18.4 Å². The maximum Gasteiger partial charge on any atom is 0.256 e. The minimum absolute atomic E-state index is 0.216. The van der Waals surface area contributed by atoms with Gasteiger partial charge in [-0.3, -0.25) is 4.79 Å². The Kier molecular flexibility index (Phi) is 5.34. The van der Waals surface area contributed by atoms with E-state index < -0.39 is 13.0 Å². The van der Waals surface area contributed by atoms with Crippen LogP contribution in [0.3, 0.4) is 0 Å². The molecule has 1 N–H and O–H groups in total.